The lowest BCUT2D eigenvalue weighted by Crippen LogP contribution is -2.39. The van der Waals surface area contributed by atoms with Gasteiger partial charge in [-0.1, -0.05) is 0 Å². The maximum atomic E-state index is 13.2. The molecule has 4 aliphatic rings. The molecule has 10 rings (SSSR count). The van der Waals surface area contributed by atoms with Gasteiger partial charge in [-0.25, -0.2) is 19.0 Å². The largest absolute Gasteiger partial charge is 0.490 e. The van der Waals surface area contributed by atoms with Crippen LogP contribution < -0.4 is 29.9 Å². The monoisotopic (exact) mass is 864 g/mol. The number of anilines is 4. The highest BCUT2D eigenvalue weighted by Crippen LogP contribution is 2.41. The van der Waals surface area contributed by atoms with Gasteiger partial charge in [-0.05, 0) is 74.9 Å². The molecule has 328 valence electrons. The predicted molar refractivity (Wildman–Crippen MR) is 236 cm³/mol. The molecule has 2 aromatic carbocycles. The van der Waals surface area contributed by atoms with E-state index in [2.05, 4.69) is 52.7 Å². The van der Waals surface area contributed by atoms with Crippen LogP contribution in [-0.2, 0) is 12.8 Å². The number of rotatable bonds is 6. The molecule has 2 atom stereocenters. The molecule has 0 radical (unpaired) electrons. The van der Waals surface area contributed by atoms with Crippen molar-refractivity contribution in [1.82, 2.24) is 29.2 Å². The number of aromatic nitrogens is 6. The van der Waals surface area contributed by atoms with Crippen LogP contribution in [0.2, 0.25) is 0 Å². The molecule has 0 unspecified atom stereocenters. The van der Waals surface area contributed by atoms with Gasteiger partial charge in [0, 0.05) is 87.8 Å². The quantitative estimate of drug-likeness (QED) is 0.176. The van der Waals surface area contributed by atoms with Crippen molar-refractivity contribution < 1.29 is 29.3 Å². The molecule has 4 aliphatic heterocycles. The average molecular weight is 865 g/mol. The first-order valence-electron chi connectivity index (χ1n) is 21.4. The zero-order valence-electron chi connectivity index (χ0n) is 35.6. The van der Waals surface area contributed by atoms with E-state index < -0.39 is 11.2 Å². The zero-order chi connectivity index (χ0) is 44.6. The Kier molecular flexibility index (Phi) is 11.2. The Labute approximate surface area is 368 Å². The second kappa shape index (κ2) is 17.1. The van der Waals surface area contributed by atoms with Gasteiger partial charge in [-0.15, -0.1) is 0 Å². The third-order valence-corrected chi connectivity index (χ3v) is 12.2. The van der Waals surface area contributed by atoms with E-state index in [0.29, 0.717) is 58.1 Å². The number of fused-ring (bicyclic) bond motifs is 4. The fourth-order valence-electron chi connectivity index (χ4n) is 8.74. The van der Waals surface area contributed by atoms with E-state index in [-0.39, 0.29) is 36.9 Å². The summed E-state index contributed by atoms with van der Waals surface area (Å²) in [7, 11) is 0. The number of amides is 2. The smallest absolute Gasteiger partial charge is 0.261 e. The first kappa shape index (κ1) is 42.0. The normalized spacial score (nSPS) is 21.0. The van der Waals surface area contributed by atoms with Gasteiger partial charge in [-0.2, -0.15) is 20.7 Å². The minimum absolute atomic E-state index is 0.0538. The Morgan fingerprint density at radius 3 is 1.48 bits per heavy atom. The number of nitrogens with one attached hydrogen (secondary N) is 2. The summed E-state index contributed by atoms with van der Waals surface area (Å²) < 4.78 is 14.8. The average Bonchev–Trinajstić information content (AvgIpc) is 3.94. The number of benzene rings is 2. The molecule has 18 heteroatoms. The fraction of sp³-hybridized carbons (Fsp3) is 0.391. The van der Waals surface area contributed by atoms with Crippen molar-refractivity contribution in [1.29, 1.82) is 10.5 Å². The molecule has 0 spiro atoms. The summed E-state index contributed by atoms with van der Waals surface area (Å²) >= 11 is 0. The molecule has 18 nitrogen and oxygen atoms in total. The van der Waals surface area contributed by atoms with Gasteiger partial charge in [0.25, 0.3) is 11.8 Å². The standard InChI is InChI=1S/2C23H24N6O3/c2*1-23(31)11-16-9-18(27-22(30)17-13-26-29-6-2-5-25-21(17)29)19(10-20(16)32-14-23)28-7-3-15(12-24)4-8-28/h2*2,5-6,9-10,13,15,31H,3-4,7-8,11,14H2,1H3,(H,27,30)/t2*23-/m10/s1. The van der Waals surface area contributed by atoms with Gasteiger partial charge < -0.3 is 40.1 Å². The molecule has 0 bridgehead atoms. The lowest BCUT2D eigenvalue weighted by atomic mass is 9.92. The third kappa shape index (κ3) is 8.70. The number of piperidine rings is 2. The Balaban J connectivity index is 0.000000162. The molecule has 2 saturated heterocycles. The van der Waals surface area contributed by atoms with Crippen LogP contribution in [0.1, 0.15) is 71.4 Å². The number of nitriles is 2. The maximum Gasteiger partial charge on any atom is 0.261 e. The van der Waals surface area contributed by atoms with Crippen LogP contribution in [0.3, 0.4) is 0 Å². The van der Waals surface area contributed by atoms with E-state index >= 15 is 0 Å². The van der Waals surface area contributed by atoms with Crippen LogP contribution in [-0.4, -0.2) is 102 Å². The summed E-state index contributed by atoms with van der Waals surface area (Å²) in [5, 5.41) is 53.9. The van der Waals surface area contributed by atoms with Gasteiger partial charge in [0.2, 0.25) is 0 Å². The van der Waals surface area contributed by atoms with Crippen LogP contribution in [0.4, 0.5) is 22.7 Å². The molecule has 4 aromatic heterocycles. The Bertz CT molecular complexity index is 2630. The topological polar surface area (TPSA) is 232 Å². The number of nitrogens with zero attached hydrogens (tertiary/aromatic N) is 10. The predicted octanol–water partition coefficient (Wildman–Crippen LogP) is 4.81. The Hall–Kier alpha value is -7.28. The van der Waals surface area contributed by atoms with E-state index in [4.69, 9.17) is 9.47 Å². The van der Waals surface area contributed by atoms with Gasteiger partial charge in [0.15, 0.2) is 11.3 Å². The molecule has 0 saturated carbocycles. The van der Waals surface area contributed by atoms with Crippen molar-refractivity contribution in [2.45, 2.75) is 63.6 Å². The Morgan fingerprint density at radius 2 is 1.09 bits per heavy atom. The second-order valence-corrected chi connectivity index (χ2v) is 17.5. The summed E-state index contributed by atoms with van der Waals surface area (Å²) in [6.07, 6.45) is 13.7. The van der Waals surface area contributed by atoms with Crippen molar-refractivity contribution in [3.63, 3.8) is 0 Å². The minimum Gasteiger partial charge on any atom is -0.490 e. The van der Waals surface area contributed by atoms with E-state index in [1.165, 1.54) is 12.4 Å². The molecule has 8 heterocycles. The van der Waals surface area contributed by atoms with Crippen molar-refractivity contribution in [3.05, 3.63) is 95.8 Å². The number of aliphatic hydroxyl groups is 2. The van der Waals surface area contributed by atoms with Crippen molar-refractivity contribution in [3.8, 4) is 23.6 Å². The summed E-state index contributed by atoms with van der Waals surface area (Å²) in [5.74, 6) is 0.913. The third-order valence-electron chi connectivity index (χ3n) is 12.2. The lowest BCUT2D eigenvalue weighted by Gasteiger charge is -2.35. The van der Waals surface area contributed by atoms with Crippen molar-refractivity contribution >= 4 is 45.9 Å². The molecule has 0 aliphatic carbocycles. The maximum absolute atomic E-state index is 13.2. The van der Waals surface area contributed by atoms with Crippen LogP contribution in [0.5, 0.6) is 11.5 Å². The molecule has 6 aromatic rings. The van der Waals surface area contributed by atoms with Crippen LogP contribution in [0.25, 0.3) is 11.3 Å². The summed E-state index contributed by atoms with van der Waals surface area (Å²) in [6, 6.07) is 15.8. The molecular weight excluding hydrogens is 817 g/mol. The molecule has 64 heavy (non-hydrogen) atoms. The van der Waals surface area contributed by atoms with E-state index in [1.807, 2.05) is 24.3 Å². The second-order valence-electron chi connectivity index (χ2n) is 17.5. The van der Waals surface area contributed by atoms with Gasteiger partial charge in [-0.3, -0.25) is 9.59 Å². The van der Waals surface area contributed by atoms with Crippen LogP contribution >= 0.6 is 0 Å². The number of carbonyl (C=O) groups is 2. The number of hydrogen-bond acceptors (Lipinski definition) is 14. The molecular formula is C46H48N12O6. The first-order valence-corrected chi connectivity index (χ1v) is 21.4. The van der Waals surface area contributed by atoms with Crippen molar-refractivity contribution in [2.24, 2.45) is 11.8 Å². The van der Waals surface area contributed by atoms with Crippen molar-refractivity contribution in [2.75, 3.05) is 59.8 Å². The van der Waals surface area contributed by atoms with E-state index in [0.717, 1.165) is 74.4 Å². The van der Waals surface area contributed by atoms with Gasteiger partial charge in [0.05, 0.1) is 58.5 Å². The first-order chi connectivity index (χ1) is 30.9. The lowest BCUT2D eigenvalue weighted by molar-refractivity contribution is -0.000823. The van der Waals surface area contributed by atoms with E-state index in [9.17, 15) is 30.3 Å². The Morgan fingerprint density at radius 1 is 0.688 bits per heavy atom. The molecule has 2 amide bonds. The van der Waals surface area contributed by atoms with E-state index in [1.54, 1.807) is 59.8 Å². The summed E-state index contributed by atoms with van der Waals surface area (Å²) in [4.78, 5) is 39.2. The van der Waals surface area contributed by atoms with Crippen LogP contribution in [0.15, 0.2) is 73.6 Å². The molecule has 2 fully saturated rings. The number of ether oxygens (including phenoxy) is 2. The SMILES string of the molecule is C[C@@]1(O)COc2cc(N3CCC(C#N)CC3)c(NC(=O)c3cnn4cccnc34)cc2C1.C[C@]1(O)COc2cc(N3CCC(C#N)CC3)c(NC(=O)c3cnn4cccnc34)cc2C1. The zero-order valence-corrected chi connectivity index (χ0v) is 35.6. The molecule has 4 N–H and O–H groups in total. The fourth-order valence-corrected chi connectivity index (χ4v) is 8.74. The number of hydrogen-bond donors (Lipinski definition) is 4. The van der Waals surface area contributed by atoms with Gasteiger partial charge in [0.1, 0.15) is 35.8 Å². The minimum atomic E-state index is -0.965. The van der Waals surface area contributed by atoms with Gasteiger partial charge >= 0.3 is 0 Å². The summed E-state index contributed by atoms with van der Waals surface area (Å²) in [6.45, 7) is 6.78. The van der Waals surface area contributed by atoms with Crippen LogP contribution in [0, 0.1) is 34.5 Å². The summed E-state index contributed by atoms with van der Waals surface area (Å²) in [5.41, 5.74) is 4.43. The highest BCUT2D eigenvalue weighted by Gasteiger charge is 2.33. The number of carbonyl (C=O) groups excluding carboxylic acids is 2. The highest BCUT2D eigenvalue weighted by molar-refractivity contribution is 6.10. The highest BCUT2D eigenvalue weighted by atomic mass is 16.5.